The van der Waals surface area contributed by atoms with E-state index in [2.05, 4.69) is 42.5 Å². The highest BCUT2D eigenvalue weighted by atomic mass is 79.9. The largest absolute Gasteiger partial charge is 0.320 e. The normalized spacial score (nSPS) is 11.2. The van der Waals surface area contributed by atoms with E-state index in [1.807, 2.05) is 50.2 Å². The second kappa shape index (κ2) is 11.4. The van der Waals surface area contributed by atoms with E-state index in [0.29, 0.717) is 41.5 Å². The molecule has 8 heteroatoms. The zero-order valence-electron chi connectivity index (χ0n) is 19.9. The van der Waals surface area contributed by atoms with Gasteiger partial charge in [-0.2, -0.15) is 0 Å². The Kier molecular flexibility index (Phi) is 8.44. The van der Waals surface area contributed by atoms with Crippen molar-refractivity contribution >= 4 is 78.3 Å². The van der Waals surface area contributed by atoms with Crippen LogP contribution in [0.25, 0.3) is 0 Å². The first kappa shape index (κ1) is 27.4. The number of hydrogen-bond donors (Lipinski definition) is 2. The zero-order valence-corrected chi connectivity index (χ0v) is 24.6. The van der Waals surface area contributed by atoms with Gasteiger partial charge < -0.3 is 10.6 Å². The van der Waals surface area contributed by atoms with Gasteiger partial charge in [-0.25, -0.2) is 0 Å². The van der Waals surface area contributed by atoms with E-state index in [4.69, 9.17) is 23.2 Å². The fourth-order valence-corrected chi connectivity index (χ4v) is 5.70. The summed E-state index contributed by atoms with van der Waals surface area (Å²) in [5.74, 6) is -0.502. The van der Waals surface area contributed by atoms with Crippen LogP contribution in [-0.4, -0.2) is 11.8 Å². The summed E-state index contributed by atoms with van der Waals surface area (Å²) in [6.45, 7) is 4.10. The molecule has 0 heterocycles. The summed E-state index contributed by atoms with van der Waals surface area (Å²) in [4.78, 5) is 25.3. The Balaban J connectivity index is 1.61. The van der Waals surface area contributed by atoms with Crippen LogP contribution in [0, 0.1) is 0 Å². The summed E-state index contributed by atoms with van der Waals surface area (Å²) in [5.41, 5.74) is 3.36. The van der Waals surface area contributed by atoms with Crippen LogP contribution in [-0.2, 0) is 5.41 Å². The molecule has 0 aliphatic rings. The minimum Gasteiger partial charge on any atom is -0.320 e. The van der Waals surface area contributed by atoms with Crippen LogP contribution in [0.5, 0.6) is 0 Å². The first-order valence-corrected chi connectivity index (χ1v) is 13.6. The molecule has 4 aromatic rings. The minimum absolute atomic E-state index is 0.251. The van der Waals surface area contributed by atoms with Gasteiger partial charge in [-0.3, -0.25) is 9.59 Å². The number of nitrogens with one attached hydrogen (secondary N) is 2. The number of amides is 2. The molecular weight excluding hydrogens is 639 g/mol. The van der Waals surface area contributed by atoms with Crippen LogP contribution in [0.4, 0.5) is 11.4 Å². The molecule has 0 radical (unpaired) electrons. The summed E-state index contributed by atoms with van der Waals surface area (Å²) in [5, 5.41) is 6.57. The predicted octanol–water partition coefficient (Wildman–Crippen LogP) is 9.35. The van der Waals surface area contributed by atoms with Crippen molar-refractivity contribution < 1.29 is 9.59 Å². The number of benzene rings is 4. The SMILES string of the molecule is CC(C)(c1cc(Cl)c(NC(=O)c2ccccc2)c(Br)c1)c1cc(Cl)c(NC(=O)c2ccccc2)c(Br)c1. The van der Waals surface area contributed by atoms with Gasteiger partial charge in [0.05, 0.1) is 21.4 Å². The highest BCUT2D eigenvalue weighted by molar-refractivity contribution is 9.11. The van der Waals surface area contributed by atoms with Crippen molar-refractivity contribution in [3.05, 3.63) is 126 Å². The van der Waals surface area contributed by atoms with E-state index in [1.54, 1.807) is 48.5 Å². The first-order valence-electron chi connectivity index (χ1n) is 11.3. The molecule has 0 fully saturated rings. The van der Waals surface area contributed by atoms with Crippen LogP contribution in [0.2, 0.25) is 10.0 Å². The third kappa shape index (κ3) is 6.10. The van der Waals surface area contributed by atoms with Crippen molar-refractivity contribution in [3.63, 3.8) is 0 Å². The second-order valence-electron chi connectivity index (χ2n) is 8.90. The monoisotopic (exact) mass is 658 g/mol. The number of halogens is 4. The van der Waals surface area contributed by atoms with Gasteiger partial charge in [0.2, 0.25) is 0 Å². The third-order valence-corrected chi connectivity index (χ3v) is 7.92. The Hall–Kier alpha value is -2.64. The molecule has 2 amide bonds. The van der Waals surface area contributed by atoms with Gasteiger partial charge in [-0.1, -0.05) is 73.4 Å². The van der Waals surface area contributed by atoms with Gasteiger partial charge in [-0.15, -0.1) is 0 Å². The van der Waals surface area contributed by atoms with E-state index in [0.717, 1.165) is 11.1 Å². The van der Waals surface area contributed by atoms with Crippen molar-refractivity contribution in [2.45, 2.75) is 19.3 Å². The molecule has 0 bridgehead atoms. The predicted molar refractivity (Wildman–Crippen MR) is 159 cm³/mol. The van der Waals surface area contributed by atoms with Crippen LogP contribution in [0.15, 0.2) is 93.9 Å². The van der Waals surface area contributed by atoms with Crippen molar-refractivity contribution in [2.75, 3.05) is 10.6 Å². The Morgan fingerprint density at radius 2 is 1.00 bits per heavy atom. The maximum absolute atomic E-state index is 12.7. The van der Waals surface area contributed by atoms with Gasteiger partial charge >= 0.3 is 0 Å². The number of carbonyl (C=O) groups excluding carboxylic acids is 2. The lowest BCUT2D eigenvalue weighted by atomic mass is 9.78. The zero-order chi connectivity index (χ0) is 26.7. The molecule has 0 aliphatic heterocycles. The average Bonchev–Trinajstić information content (AvgIpc) is 2.88. The van der Waals surface area contributed by atoms with Crippen molar-refractivity contribution in [1.82, 2.24) is 0 Å². The fraction of sp³-hybridized carbons (Fsp3) is 0.103. The Morgan fingerprint density at radius 3 is 1.32 bits per heavy atom. The molecule has 4 aromatic carbocycles. The van der Waals surface area contributed by atoms with E-state index in [1.165, 1.54) is 0 Å². The lowest BCUT2D eigenvalue weighted by molar-refractivity contribution is 0.101. The molecule has 0 unspecified atom stereocenters. The van der Waals surface area contributed by atoms with Crippen LogP contribution in [0.1, 0.15) is 45.7 Å². The van der Waals surface area contributed by atoms with Crippen molar-refractivity contribution in [3.8, 4) is 0 Å². The summed E-state index contributed by atoms with van der Waals surface area (Å²) in [6, 6.07) is 25.4. The maximum Gasteiger partial charge on any atom is 0.255 e. The van der Waals surface area contributed by atoms with Crippen LogP contribution in [0.3, 0.4) is 0 Å². The molecule has 4 nitrogen and oxygen atoms in total. The smallest absolute Gasteiger partial charge is 0.255 e. The van der Waals surface area contributed by atoms with Gasteiger partial charge in [0.15, 0.2) is 0 Å². The number of anilines is 2. The highest BCUT2D eigenvalue weighted by Gasteiger charge is 2.27. The summed E-state index contributed by atoms with van der Waals surface area (Å²) in [6.07, 6.45) is 0. The standard InChI is InChI=1S/C29H22Br2Cl2N2O2/c1-29(2,19-13-21(30)25(23(32)15-19)34-27(36)17-9-5-3-6-10-17)20-14-22(31)26(24(33)16-20)35-28(37)18-11-7-4-8-12-18/h3-16H,1-2H3,(H,34,36)(H,35,37). The molecule has 0 saturated carbocycles. The molecular formula is C29H22Br2Cl2N2O2. The molecule has 188 valence electrons. The van der Waals surface area contributed by atoms with Crippen LogP contribution < -0.4 is 10.6 Å². The Morgan fingerprint density at radius 1 is 0.649 bits per heavy atom. The molecule has 37 heavy (non-hydrogen) atoms. The summed E-state index contributed by atoms with van der Waals surface area (Å²) < 4.78 is 1.31. The lowest BCUT2D eigenvalue weighted by Crippen LogP contribution is -2.20. The topological polar surface area (TPSA) is 58.2 Å². The van der Waals surface area contributed by atoms with Crippen LogP contribution >= 0.6 is 55.1 Å². The first-order chi connectivity index (χ1) is 17.6. The number of rotatable bonds is 6. The van der Waals surface area contributed by atoms with Gasteiger partial charge in [0.1, 0.15) is 0 Å². The van der Waals surface area contributed by atoms with E-state index in [-0.39, 0.29) is 11.8 Å². The van der Waals surface area contributed by atoms with Gasteiger partial charge in [0, 0.05) is 25.5 Å². The second-order valence-corrected chi connectivity index (χ2v) is 11.4. The van der Waals surface area contributed by atoms with E-state index >= 15 is 0 Å². The quantitative estimate of drug-likeness (QED) is 0.217. The minimum atomic E-state index is -0.512. The average molecular weight is 661 g/mol. The van der Waals surface area contributed by atoms with Gasteiger partial charge in [0.25, 0.3) is 11.8 Å². The third-order valence-electron chi connectivity index (χ3n) is 6.08. The molecule has 0 saturated heterocycles. The molecule has 2 N–H and O–H groups in total. The van der Waals surface area contributed by atoms with E-state index < -0.39 is 5.41 Å². The molecule has 0 aromatic heterocycles. The van der Waals surface area contributed by atoms with Gasteiger partial charge in [-0.05, 0) is 91.5 Å². The van der Waals surface area contributed by atoms with Crippen molar-refractivity contribution in [2.24, 2.45) is 0 Å². The summed E-state index contributed by atoms with van der Waals surface area (Å²) >= 11 is 20.4. The molecule has 0 atom stereocenters. The molecule has 4 rings (SSSR count). The Labute approximate surface area is 242 Å². The maximum atomic E-state index is 12.7. The number of hydrogen-bond acceptors (Lipinski definition) is 2. The fourth-order valence-electron chi connectivity index (χ4n) is 3.82. The lowest BCUT2D eigenvalue weighted by Gasteiger charge is -2.28. The highest BCUT2D eigenvalue weighted by Crippen LogP contribution is 2.42. The Bertz CT molecular complexity index is 1320. The summed E-state index contributed by atoms with van der Waals surface area (Å²) in [7, 11) is 0. The number of carbonyl (C=O) groups is 2. The molecule has 0 spiro atoms. The van der Waals surface area contributed by atoms with E-state index in [9.17, 15) is 9.59 Å². The van der Waals surface area contributed by atoms with Crippen molar-refractivity contribution in [1.29, 1.82) is 0 Å². The molecule has 0 aliphatic carbocycles.